The van der Waals surface area contributed by atoms with Crippen LogP contribution in [-0.2, 0) is 10.2 Å². The van der Waals surface area contributed by atoms with Gasteiger partial charge in [-0.3, -0.25) is 4.79 Å². The van der Waals surface area contributed by atoms with Crippen molar-refractivity contribution in [3.05, 3.63) is 48.0 Å². The Morgan fingerprint density at radius 3 is 2.42 bits per heavy atom. The second-order valence-electron chi connectivity index (χ2n) is 6.49. The minimum Gasteiger partial charge on any atom is -0.355 e. The van der Waals surface area contributed by atoms with Gasteiger partial charge in [-0.15, -0.1) is 0 Å². The standard InChI is InChI=1S/C17H21NO/c1-13-10-16(2,11-13)15(19)18-12-17(8-9-17)14-6-4-3-5-7-14/h3-7H,1,8-12H2,2H3,(H,18,19). The van der Waals surface area contributed by atoms with Crippen molar-refractivity contribution in [3.8, 4) is 0 Å². The van der Waals surface area contributed by atoms with E-state index in [1.807, 2.05) is 13.0 Å². The number of nitrogens with one attached hydrogen (secondary N) is 1. The summed E-state index contributed by atoms with van der Waals surface area (Å²) in [6.45, 7) is 6.74. The molecule has 2 aliphatic rings. The molecule has 1 amide bonds. The lowest BCUT2D eigenvalue weighted by molar-refractivity contribution is -0.132. The fraction of sp³-hybridized carbons (Fsp3) is 0.471. The van der Waals surface area contributed by atoms with E-state index in [1.165, 1.54) is 24.0 Å². The number of hydrogen-bond donors (Lipinski definition) is 1. The van der Waals surface area contributed by atoms with Crippen LogP contribution in [0.15, 0.2) is 42.5 Å². The largest absolute Gasteiger partial charge is 0.355 e. The molecule has 2 nitrogen and oxygen atoms in total. The minimum atomic E-state index is -0.205. The van der Waals surface area contributed by atoms with Crippen molar-refractivity contribution in [2.45, 2.75) is 38.0 Å². The molecule has 0 unspecified atom stereocenters. The molecule has 0 saturated heterocycles. The molecule has 19 heavy (non-hydrogen) atoms. The summed E-state index contributed by atoms with van der Waals surface area (Å²) in [4.78, 5) is 12.2. The van der Waals surface area contributed by atoms with Crippen LogP contribution in [0, 0.1) is 5.41 Å². The number of benzene rings is 1. The van der Waals surface area contributed by atoms with Crippen molar-refractivity contribution in [2.75, 3.05) is 6.54 Å². The Morgan fingerprint density at radius 1 is 1.26 bits per heavy atom. The molecule has 0 aliphatic heterocycles. The zero-order valence-corrected chi connectivity index (χ0v) is 11.5. The van der Waals surface area contributed by atoms with Gasteiger partial charge in [-0.2, -0.15) is 0 Å². The molecule has 0 heterocycles. The minimum absolute atomic E-state index is 0.196. The lowest BCUT2D eigenvalue weighted by Crippen LogP contribution is -2.46. The Morgan fingerprint density at radius 2 is 1.89 bits per heavy atom. The fourth-order valence-corrected chi connectivity index (χ4v) is 3.19. The molecule has 0 radical (unpaired) electrons. The van der Waals surface area contributed by atoms with Gasteiger partial charge in [0.25, 0.3) is 0 Å². The zero-order valence-electron chi connectivity index (χ0n) is 11.5. The average molecular weight is 255 g/mol. The van der Waals surface area contributed by atoms with Gasteiger partial charge in [0.15, 0.2) is 0 Å². The number of carbonyl (C=O) groups is 1. The Hall–Kier alpha value is -1.57. The molecule has 0 atom stereocenters. The van der Waals surface area contributed by atoms with E-state index in [1.54, 1.807) is 0 Å². The highest BCUT2D eigenvalue weighted by molar-refractivity contribution is 5.84. The van der Waals surface area contributed by atoms with Crippen LogP contribution < -0.4 is 5.32 Å². The quantitative estimate of drug-likeness (QED) is 0.823. The van der Waals surface area contributed by atoms with Gasteiger partial charge >= 0.3 is 0 Å². The third kappa shape index (κ3) is 2.20. The summed E-state index contributed by atoms with van der Waals surface area (Å²) >= 11 is 0. The van der Waals surface area contributed by atoms with Crippen LogP contribution in [0.2, 0.25) is 0 Å². The van der Waals surface area contributed by atoms with Gasteiger partial charge in [-0.05, 0) is 31.2 Å². The van der Waals surface area contributed by atoms with Gasteiger partial charge in [0.05, 0.1) is 5.41 Å². The molecule has 0 spiro atoms. The van der Waals surface area contributed by atoms with E-state index in [0.29, 0.717) is 0 Å². The molecular weight excluding hydrogens is 234 g/mol. The molecule has 1 N–H and O–H groups in total. The molecule has 2 heteroatoms. The summed E-state index contributed by atoms with van der Waals surface area (Å²) < 4.78 is 0. The van der Waals surface area contributed by atoms with Crippen LogP contribution in [0.5, 0.6) is 0 Å². The number of hydrogen-bond acceptors (Lipinski definition) is 1. The molecule has 0 bridgehead atoms. The van der Waals surface area contributed by atoms with Crippen molar-refractivity contribution in [3.63, 3.8) is 0 Å². The van der Waals surface area contributed by atoms with Crippen molar-refractivity contribution >= 4 is 5.91 Å². The van der Waals surface area contributed by atoms with Crippen molar-refractivity contribution in [1.29, 1.82) is 0 Å². The number of amides is 1. The highest BCUT2D eigenvalue weighted by Gasteiger charge is 2.47. The van der Waals surface area contributed by atoms with Crippen LogP contribution >= 0.6 is 0 Å². The first-order valence-electron chi connectivity index (χ1n) is 7.05. The first kappa shape index (κ1) is 12.5. The van der Waals surface area contributed by atoms with Gasteiger partial charge in [0.1, 0.15) is 0 Å². The van der Waals surface area contributed by atoms with Crippen LogP contribution in [0.25, 0.3) is 0 Å². The van der Waals surface area contributed by atoms with Crippen LogP contribution in [0.4, 0.5) is 0 Å². The number of allylic oxidation sites excluding steroid dienone is 1. The van der Waals surface area contributed by atoms with Gasteiger partial charge in [0.2, 0.25) is 5.91 Å². The Kier molecular flexibility index (Phi) is 2.77. The maximum atomic E-state index is 12.2. The SMILES string of the molecule is C=C1CC(C)(C(=O)NCC2(c3ccccc3)CC2)C1. The highest BCUT2D eigenvalue weighted by Crippen LogP contribution is 2.48. The van der Waals surface area contributed by atoms with E-state index < -0.39 is 0 Å². The Balaban J connectivity index is 1.61. The third-order valence-corrected chi connectivity index (χ3v) is 4.66. The van der Waals surface area contributed by atoms with Crippen LogP contribution in [-0.4, -0.2) is 12.5 Å². The van der Waals surface area contributed by atoms with E-state index in [0.717, 1.165) is 19.4 Å². The normalized spacial score (nSPS) is 22.5. The van der Waals surface area contributed by atoms with E-state index >= 15 is 0 Å². The molecule has 100 valence electrons. The van der Waals surface area contributed by atoms with E-state index in [9.17, 15) is 4.79 Å². The second-order valence-corrected chi connectivity index (χ2v) is 6.49. The molecule has 3 rings (SSSR count). The van der Waals surface area contributed by atoms with Gasteiger partial charge in [-0.1, -0.05) is 49.4 Å². The summed E-state index contributed by atoms with van der Waals surface area (Å²) in [5, 5.41) is 3.17. The zero-order chi connectivity index (χ0) is 13.5. The molecule has 0 aromatic heterocycles. The topological polar surface area (TPSA) is 29.1 Å². The molecule has 1 aromatic rings. The summed E-state index contributed by atoms with van der Waals surface area (Å²) in [5.74, 6) is 0.196. The van der Waals surface area contributed by atoms with Gasteiger partial charge in [-0.25, -0.2) is 0 Å². The molecule has 2 aliphatic carbocycles. The van der Waals surface area contributed by atoms with E-state index in [4.69, 9.17) is 0 Å². The third-order valence-electron chi connectivity index (χ3n) is 4.66. The highest BCUT2D eigenvalue weighted by atomic mass is 16.2. The lowest BCUT2D eigenvalue weighted by Gasteiger charge is -2.39. The molecular formula is C17H21NO. The monoisotopic (exact) mass is 255 g/mol. The maximum absolute atomic E-state index is 12.2. The Bertz CT molecular complexity index is 505. The van der Waals surface area contributed by atoms with Crippen molar-refractivity contribution in [1.82, 2.24) is 5.32 Å². The summed E-state index contributed by atoms with van der Waals surface area (Å²) in [6.07, 6.45) is 4.05. The summed E-state index contributed by atoms with van der Waals surface area (Å²) in [5.41, 5.74) is 2.55. The van der Waals surface area contributed by atoms with Gasteiger partial charge < -0.3 is 5.32 Å². The summed E-state index contributed by atoms with van der Waals surface area (Å²) in [6, 6.07) is 10.5. The average Bonchev–Trinajstić information content (AvgIpc) is 3.16. The number of carbonyl (C=O) groups excluding carboxylic acids is 1. The maximum Gasteiger partial charge on any atom is 0.226 e. The van der Waals surface area contributed by atoms with E-state index in [-0.39, 0.29) is 16.7 Å². The predicted molar refractivity (Wildman–Crippen MR) is 76.8 cm³/mol. The lowest BCUT2D eigenvalue weighted by atomic mass is 9.67. The van der Waals surface area contributed by atoms with Crippen molar-refractivity contribution < 1.29 is 4.79 Å². The Labute approximate surface area is 114 Å². The predicted octanol–water partition coefficient (Wildman–Crippen LogP) is 3.19. The smallest absolute Gasteiger partial charge is 0.226 e. The van der Waals surface area contributed by atoms with Crippen LogP contribution in [0.3, 0.4) is 0 Å². The molecule has 2 saturated carbocycles. The number of rotatable bonds is 4. The van der Waals surface area contributed by atoms with Gasteiger partial charge in [0, 0.05) is 12.0 Å². The first-order chi connectivity index (χ1) is 9.04. The molecule has 2 fully saturated rings. The second kappa shape index (κ2) is 4.22. The summed E-state index contributed by atoms with van der Waals surface area (Å²) in [7, 11) is 0. The molecule has 1 aromatic carbocycles. The fourth-order valence-electron chi connectivity index (χ4n) is 3.19. The first-order valence-corrected chi connectivity index (χ1v) is 7.05. The van der Waals surface area contributed by atoms with E-state index in [2.05, 4.69) is 36.2 Å². The van der Waals surface area contributed by atoms with Crippen molar-refractivity contribution in [2.24, 2.45) is 5.41 Å². The van der Waals surface area contributed by atoms with Crippen LogP contribution in [0.1, 0.15) is 38.2 Å².